The van der Waals surface area contributed by atoms with E-state index in [-0.39, 0.29) is 54.4 Å². The fourth-order valence-electron chi connectivity index (χ4n) is 6.13. The molecule has 0 unspecified atom stereocenters. The summed E-state index contributed by atoms with van der Waals surface area (Å²) in [6.45, 7) is 6.81. The highest BCUT2D eigenvalue weighted by molar-refractivity contribution is 6.00. The van der Waals surface area contributed by atoms with Crippen molar-refractivity contribution in [1.82, 2.24) is 24.9 Å². The molecule has 4 rings (SSSR count). The predicted octanol–water partition coefficient (Wildman–Crippen LogP) is 3.66. The van der Waals surface area contributed by atoms with E-state index in [9.17, 15) is 19.2 Å². The molecule has 43 heavy (non-hydrogen) atoms. The molecule has 1 aliphatic carbocycles. The minimum Gasteiger partial charge on any atom is -0.344 e. The standard InChI is InChI=1S/C32H45FN6O4/c1-4-30(41)35-27(32(43)38-17-15-37(3)16-18-38)20-22-11-12-26(25(33)19-22)36-31(42)24(23-9-7-6-8-10-23)21-29(40)28-13-14-34-39(28)5-2/h11-14,19,23-24,27H,4-10,15-18,20-21H2,1-3H3,(H,35,41)(H,36,42)/t24-,27+/m0/s1. The number of nitrogens with zero attached hydrogens (tertiary/aromatic N) is 4. The number of carbonyl (C=O) groups is 4. The van der Waals surface area contributed by atoms with E-state index in [0.29, 0.717) is 30.9 Å². The molecule has 0 radical (unpaired) electrons. The van der Waals surface area contributed by atoms with E-state index in [1.54, 1.807) is 34.8 Å². The van der Waals surface area contributed by atoms with Gasteiger partial charge in [-0.2, -0.15) is 5.10 Å². The summed E-state index contributed by atoms with van der Waals surface area (Å²) in [6, 6.07) is 5.33. The number of carbonyl (C=O) groups excluding carboxylic acids is 4. The molecule has 2 N–H and O–H groups in total. The van der Waals surface area contributed by atoms with Gasteiger partial charge in [0.2, 0.25) is 17.7 Å². The number of hydrogen-bond donors (Lipinski definition) is 2. The van der Waals surface area contributed by atoms with Crippen LogP contribution in [0.2, 0.25) is 0 Å². The highest BCUT2D eigenvalue weighted by Crippen LogP contribution is 2.34. The Balaban J connectivity index is 1.47. The number of nitrogens with one attached hydrogen (secondary N) is 2. The number of hydrogen-bond acceptors (Lipinski definition) is 6. The molecule has 2 fully saturated rings. The van der Waals surface area contributed by atoms with Crippen LogP contribution in [-0.2, 0) is 27.3 Å². The van der Waals surface area contributed by atoms with E-state index in [1.165, 1.54) is 12.1 Å². The Hall–Kier alpha value is -3.60. The van der Waals surface area contributed by atoms with E-state index in [4.69, 9.17) is 0 Å². The minimum atomic E-state index is -0.811. The van der Waals surface area contributed by atoms with Crippen molar-refractivity contribution in [3.05, 3.63) is 47.5 Å². The number of halogens is 1. The number of aryl methyl sites for hydroxylation is 1. The van der Waals surface area contributed by atoms with Crippen LogP contribution in [-0.4, -0.2) is 82.4 Å². The van der Waals surface area contributed by atoms with E-state index >= 15 is 4.39 Å². The zero-order valence-electron chi connectivity index (χ0n) is 25.6. The number of benzene rings is 1. The fraction of sp³-hybridized carbons (Fsp3) is 0.594. The fourth-order valence-corrected chi connectivity index (χ4v) is 6.13. The van der Waals surface area contributed by atoms with Crippen LogP contribution in [0.5, 0.6) is 0 Å². The van der Waals surface area contributed by atoms with Gasteiger partial charge in [-0.05, 0) is 56.5 Å². The van der Waals surface area contributed by atoms with Crippen molar-refractivity contribution in [3.63, 3.8) is 0 Å². The van der Waals surface area contributed by atoms with E-state index in [1.807, 2.05) is 14.0 Å². The van der Waals surface area contributed by atoms with E-state index in [2.05, 4.69) is 20.6 Å². The number of anilines is 1. The number of likely N-dealkylation sites (N-methyl/N-ethyl adjacent to an activating group) is 1. The number of Topliss-reactive ketones (excluding diaryl/α,β-unsaturated/α-hetero) is 1. The second-order valence-corrected chi connectivity index (χ2v) is 11.8. The molecule has 11 heteroatoms. The SMILES string of the molecule is CCC(=O)N[C@H](Cc1ccc(NC(=O)[C@@H](CC(=O)c2ccnn2CC)C2CCCCC2)c(F)c1)C(=O)N1CCN(C)CC1. The number of aromatic nitrogens is 2. The van der Waals surface area contributed by atoms with Gasteiger partial charge in [-0.15, -0.1) is 0 Å². The first-order valence-corrected chi connectivity index (χ1v) is 15.6. The van der Waals surface area contributed by atoms with Crippen molar-refractivity contribution < 1.29 is 23.6 Å². The van der Waals surface area contributed by atoms with Crippen molar-refractivity contribution in [1.29, 1.82) is 0 Å². The largest absolute Gasteiger partial charge is 0.344 e. The first-order chi connectivity index (χ1) is 20.7. The minimum absolute atomic E-state index is 0.0279. The van der Waals surface area contributed by atoms with Gasteiger partial charge < -0.3 is 20.4 Å². The molecule has 1 saturated heterocycles. The summed E-state index contributed by atoms with van der Waals surface area (Å²) in [7, 11) is 2.00. The molecule has 234 valence electrons. The number of piperazine rings is 1. The van der Waals surface area contributed by atoms with Crippen LogP contribution in [0, 0.1) is 17.7 Å². The smallest absolute Gasteiger partial charge is 0.245 e. The zero-order valence-corrected chi connectivity index (χ0v) is 25.6. The van der Waals surface area contributed by atoms with Crippen molar-refractivity contribution in [3.8, 4) is 0 Å². The lowest BCUT2D eigenvalue weighted by molar-refractivity contribution is -0.137. The molecular weight excluding hydrogens is 551 g/mol. The van der Waals surface area contributed by atoms with Crippen LogP contribution >= 0.6 is 0 Å². The molecule has 3 amide bonds. The highest BCUT2D eigenvalue weighted by atomic mass is 19.1. The molecule has 1 aromatic heterocycles. The maximum absolute atomic E-state index is 15.4. The summed E-state index contributed by atoms with van der Waals surface area (Å²) in [5.74, 6) is -2.11. The van der Waals surface area contributed by atoms with E-state index in [0.717, 1.165) is 45.2 Å². The second kappa shape index (κ2) is 15.2. The monoisotopic (exact) mass is 596 g/mol. The lowest BCUT2D eigenvalue weighted by atomic mass is 9.77. The van der Waals surface area contributed by atoms with Crippen molar-refractivity contribution in [2.24, 2.45) is 11.8 Å². The second-order valence-electron chi connectivity index (χ2n) is 11.8. The maximum atomic E-state index is 15.4. The summed E-state index contributed by atoms with van der Waals surface area (Å²) in [5, 5.41) is 9.74. The first-order valence-electron chi connectivity index (χ1n) is 15.6. The predicted molar refractivity (Wildman–Crippen MR) is 162 cm³/mol. The summed E-state index contributed by atoms with van der Waals surface area (Å²) < 4.78 is 17.0. The molecule has 0 spiro atoms. The molecular formula is C32H45FN6O4. The molecule has 2 heterocycles. The zero-order chi connectivity index (χ0) is 30.9. The normalized spacial score (nSPS) is 17.7. The lowest BCUT2D eigenvalue weighted by Crippen LogP contribution is -2.54. The summed E-state index contributed by atoms with van der Waals surface area (Å²) in [5.41, 5.74) is 1.04. The molecule has 0 bridgehead atoms. The van der Waals surface area contributed by atoms with Crippen LogP contribution in [0.3, 0.4) is 0 Å². The third kappa shape index (κ3) is 8.49. The average molecular weight is 597 g/mol. The Morgan fingerprint density at radius 3 is 2.40 bits per heavy atom. The quantitative estimate of drug-likeness (QED) is 0.362. The Kier molecular flexibility index (Phi) is 11.4. The van der Waals surface area contributed by atoms with Gasteiger partial charge in [0.25, 0.3) is 0 Å². The highest BCUT2D eigenvalue weighted by Gasteiger charge is 2.33. The van der Waals surface area contributed by atoms with Gasteiger partial charge in [0.05, 0.1) is 5.69 Å². The van der Waals surface area contributed by atoms with Gasteiger partial charge >= 0.3 is 0 Å². The van der Waals surface area contributed by atoms with Crippen molar-refractivity contribution >= 4 is 29.2 Å². The van der Waals surface area contributed by atoms with Crippen LogP contribution in [0.15, 0.2) is 30.5 Å². The lowest BCUT2D eigenvalue weighted by Gasteiger charge is -2.34. The summed E-state index contributed by atoms with van der Waals surface area (Å²) in [6.07, 6.45) is 6.80. The first kappa shape index (κ1) is 32.3. The van der Waals surface area contributed by atoms with Crippen LogP contribution in [0.1, 0.15) is 74.8 Å². The summed E-state index contributed by atoms with van der Waals surface area (Å²) >= 11 is 0. The van der Waals surface area contributed by atoms with Gasteiger partial charge in [0.15, 0.2) is 5.78 Å². The Morgan fingerprint density at radius 1 is 1.02 bits per heavy atom. The molecule has 1 aromatic carbocycles. The topological polar surface area (TPSA) is 117 Å². The van der Waals surface area contributed by atoms with Gasteiger partial charge in [0.1, 0.15) is 17.6 Å². The van der Waals surface area contributed by atoms with Gasteiger partial charge in [0, 0.05) is 64.1 Å². The van der Waals surface area contributed by atoms with Gasteiger partial charge in [-0.3, -0.25) is 23.9 Å². The number of rotatable bonds is 12. The van der Waals surface area contributed by atoms with Crippen molar-refractivity contribution in [2.75, 3.05) is 38.5 Å². The van der Waals surface area contributed by atoms with Crippen LogP contribution in [0.4, 0.5) is 10.1 Å². The Labute approximate surface area is 253 Å². The van der Waals surface area contributed by atoms with Crippen LogP contribution in [0.25, 0.3) is 0 Å². The number of amides is 3. The Bertz CT molecular complexity index is 1280. The third-order valence-corrected chi connectivity index (χ3v) is 8.76. The molecule has 10 nitrogen and oxygen atoms in total. The maximum Gasteiger partial charge on any atom is 0.245 e. The van der Waals surface area contributed by atoms with Crippen molar-refractivity contribution in [2.45, 2.75) is 77.8 Å². The third-order valence-electron chi connectivity index (χ3n) is 8.76. The molecule has 1 aliphatic heterocycles. The average Bonchev–Trinajstić information content (AvgIpc) is 3.50. The molecule has 2 atom stereocenters. The van der Waals surface area contributed by atoms with E-state index < -0.39 is 17.8 Å². The Morgan fingerprint density at radius 2 is 1.74 bits per heavy atom. The van der Waals surface area contributed by atoms with Crippen LogP contribution < -0.4 is 10.6 Å². The summed E-state index contributed by atoms with van der Waals surface area (Å²) in [4.78, 5) is 56.2. The molecule has 2 aromatic rings. The number of ketones is 1. The molecule has 1 saturated carbocycles. The van der Waals surface area contributed by atoms with Gasteiger partial charge in [-0.25, -0.2) is 4.39 Å². The van der Waals surface area contributed by atoms with Gasteiger partial charge in [-0.1, -0.05) is 32.3 Å². The molecule has 2 aliphatic rings.